The molecule has 1 aromatic heterocycles. The average molecular weight is 293 g/mol. The van der Waals surface area contributed by atoms with Gasteiger partial charge >= 0.3 is 5.76 Å². The Morgan fingerprint density at radius 3 is 2.95 bits per heavy atom. The van der Waals surface area contributed by atoms with Crippen molar-refractivity contribution in [2.75, 3.05) is 5.32 Å². The quantitative estimate of drug-likeness (QED) is 0.773. The minimum absolute atomic E-state index is 0.153. The van der Waals surface area contributed by atoms with Gasteiger partial charge in [-0.05, 0) is 35.9 Å². The summed E-state index contributed by atoms with van der Waals surface area (Å²) in [5, 5.41) is 11.6. The van der Waals surface area contributed by atoms with Gasteiger partial charge in [0.1, 0.15) is 0 Å². The summed E-state index contributed by atoms with van der Waals surface area (Å²) in [6.45, 7) is 0. The van der Waals surface area contributed by atoms with Crippen LogP contribution in [0.5, 0.6) is 0 Å². The molecule has 0 unspecified atom stereocenters. The molecule has 108 valence electrons. The molecule has 0 fully saturated rings. The van der Waals surface area contributed by atoms with Crippen molar-refractivity contribution in [3.8, 4) is 6.07 Å². The highest BCUT2D eigenvalue weighted by atomic mass is 16.4. The lowest BCUT2D eigenvalue weighted by Crippen LogP contribution is -2.14. The van der Waals surface area contributed by atoms with E-state index in [9.17, 15) is 9.59 Å². The maximum absolute atomic E-state index is 12.0. The summed E-state index contributed by atoms with van der Waals surface area (Å²) < 4.78 is 4.91. The summed E-state index contributed by atoms with van der Waals surface area (Å²) >= 11 is 0. The first-order valence-electron chi connectivity index (χ1n) is 6.56. The van der Waals surface area contributed by atoms with Crippen LogP contribution in [-0.4, -0.2) is 10.9 Å². The molecule has 3 rings (SSSR count). The Bertz CT molecular complexity index is 947. The van der Waals surface area contributed by atoms with Gasteiger partial charge in [-0.1, -0.05) is 12.1 Å². The Hall–Kier alpha value is -3.33. The zero-order chi connectivity index (χ0) is 15.5. The maximum atomic E-state index is 12.0. The maximum Gasteiger partial charge on any atom is 0.417 e. The first kappa shape index (κ1) is 13.6. The van der Waals surface area contributed by atoms with E-state index >= 15 is 0 Å². The highest BCUT2D eigenvalue weighted by Gasteiger charge is 2.07. The zero-order valence-corrected chi connectivity index (χ0v) is 11.4. The van der Waals surface area contributed by atoms with E-state index in [0.717, 1.165) is 5.56 Å². The van der Waals surface area contributed by atoms with Crippen molar-refractivity contribution in [1.82, 2.24) is 4.98 Å². The van der Waals surface area contributed by atoms with E-state index in [2.05, 4.69) is 10.3 Å². The molecular formula is C16H11N3O3. The van der Waals surface area contributed by atoms with Crippen LogP contribution in [0.4, 0.5) is 5.69 Å². The SMILES string of the molecule is N#Cc1cccc(NC(=O)Cc2ccc3oc(=O)[nH]c3c2)c1. The fourth-order valence-corrected chi connectivity index (χ4v) is 2.17. The fourth-order valence-electron chi connectivity index (χ4n) is 2.17. The Morgan fingerprint density at radius 2 is 2.14 bits per heavy atom. The molecule has 0 aliphatic heterocycles. The zero-order valence-electron chi connectivity index (χ0n) is 11.4. The normalized spacial score (nSPS) is 10.3. The standard InChI is InChI=1S/C16H11N3O3/c17-9-11-2-1-3-12(6-11)18-15(20)8-10-4-5-14-13(7-10)19-16(21)22-14/h1-7H,8H2,(H,18,20)(H,19,21). The molecule has 2 N–H and O–H groups in total. The van der Waals surface area contributed by atoms with Gasteiger partial charge in [0.15, 0.2) is 5.58 Å². The van der Waals surface area contributed by atoms with Gasteiger partial charge in [-0.15, -0.1) is 0 Å². The number of rotatable bonds is 3. The number of hydrogen-bond acceptors (Lipinski definition) is 4. The first-order chi connectivity index (χ1) is 10.6. The predicted octanol–water partition coefficient (Wildman–Crippen LogP) is 2.17. The molecule has 2 aromatic carbocycles. The summed E-state index contributed by atoms with van der Waals surface area (Å²) in [4.78, 5) is 25.7. The topological polar surface area (TPSA) is 98.9 Å². The molecule has 22 heavy (non-hydrogen) atoms. The van der Waals surface area contributed by atoms with Crippen molar-refractivity contribution in [2.24, 2.45) is 0 Å². The lowest BCUT2D eigenvalue weighted by atomic mass is 10.1. The molecule has 3 aromatic rings. The molecule has 0 radical (unpaired) electrons. The molecule has 6 heteroatoms. The van der Waals surface area contributed by atoms with Crippen LogP contribution in [-0.2, 0) is 11.2 Å². The van der Waals surface area contributed by atoms with E-state index in [1.807, 2.05) is 6.07 Å². The predicted molar refractivity (Wildman–Crippen MR) is 80.3 cm³/mol. The third-order valence-electron chi connectivity index (χ3n) is 3.12. The number of carbonyl (C=O) groups is 1. The van der Waals surface area contributed by atoms with Gasteiger partial charge in [0.2, 0.25) is 5.91 Å². The van der Waals surface area contributed by atoms with Crippen LogP contribution in [0.2, 0.25) is 0 Å². The number of hydrogen-bond donors (Lipinski definition) is 2. The molecule has 0 aliphatic rings. The minimum Gasteiger partial charge on any atom is -0.408 e. The number of nitrogens with zero attached hydrogens (tertiary/aromatic N) is 1. The third-order valence-corrected chi connectivity index (χ3v) is 3.12. The minimum atomic E-state index is -0.523. The lowest BCUT2D eigenvalue weighted by Gasteiger charge is -2.05. The van der Waals surface area contributed by atoms with E-state index in [0.29, 0.717) is 22.4 Å². The van der Waals surface area contributed by atoms with Gasteiger partial charge in [-0.3, -0.25) is 9.78 Å². The van der Waals surface area contributed by atoms with E-state index in [-0.39, 0.29) is 12.3 Å². The number of nitrogens with one attached hydrogen (secondary N) is 2. The van der Waals surface area contributed by atoms with Gasteiger partial charge < -0.3 is 9.73 Å². The summed E-state index contributed by atoms with van der Waals surface area (Å²) in [6, 6.07) is 13.8. The van der Waals surface area contributed by atoms with E-state index in [4.69, 9.17) is 9.68 Å². The summed E-state index contributed by atoms with van der Waals surface area (Å²) in [6.07, 6.45) is 0.153. The van der Waals surface area contributed by atoms with Crippen molar-refractivity contribution < 1.29 is 9.21 Å². The number of aromatic amines is 1. The number of anilines is 1. The van der Waals surface area contributed by atoms with Gasteiger partial charge in [-0.25, -0.2) is 4.79 Å². The number of benzene rings is 2. The Balaban J connectivity index is 1.74. The molecule has 0 saturated carbocycles. The molecule has 0 aliphatic carbocycles. The van der Waals surface area contributed by atoms with Crippen LogP contribution in [0.15, 0.2) is 51.7 Å². The van der Waals surface area contributed by atoms with Crippen LogP contribution in [0.1, 0.15) is 11.1 Å². The van der Waals surface area contributed by atoms with E-state index in [1.165, 1.54) is 0 Å². The molecular weight excluding hydrogens is 282 g/mol. The number of amides is 1. The van der Waals surface area contributed by atoms with Crippen molar-refractivity contribution >= 4 is 22.7 Å². The van der Waals surface area contributed by atoms with Crippen LogP contribution in [0, 0.1) is 11.3 Å². The molecule has 0 spiro atoms. The van der Waals surface area contributed by atoms with Crippen molar-refractivity contribution in [2.45, 2.75) is 6.42 Å². The molecule has 0 saturated heterocycles. The Kier molecular flexibility index (Phi) is 3.46. The average Bonchev–Trinajstić information content (AvgIpc) is 2.86. The van der Waals surface area contributed by atoms with Gasteiger partial charge in [0, 0.05) is 5.69 Å². The van der Waals surface area contributed by atoms with Crippen LogP contribution >= 0.6 is 0 Å². The summed E-state index contributed by atoms with van der Waals surface area (Å²) in [5.41, 5.74) is 2.81. The summed E-state index contributed by atoms with van der Waals surface area (Å²) in [5.74, 6) is -0.731. The van der Waals surface area contributed by atoms with Gasteiger partial charge in [-0.2, -0.15) is 5.26 Å². The number of oxazole rings is 1. The second kappa shape index (κ2) is 5.58. The fraction of sp³-hybridized carbons (Fsp3) is 0.0625. The Labute approximate surface area is 125 Å². The molecule has 0 bridgehead atoms. The number of aromatic nitrogens is 1. The molecule has 1 amide bonds. The molecule has 6 nitrogen and oxygen atoms in total. The largest absolute Gasteiger partial charge is 0.417 e. The number of nitriles is 1. The van der Waals surface area contributed by atoms with Crippen LogP contribution in [0.25, 0.3) is 11.1 Å². The highest BCUT2D eigenvalue weighted by Crippen LogP contribution is 2.14. The molecule has 0 atom stereocenters. The smallest absolute Gasteiger partial charge is 0.408 e. The monoisotopic (exact) mass is 293 g/mol. The Morgan fingerprint density at radius 1 is 1.27 bits per heavy atom. The van der Waals surface area contributed by atoms with Crippen molar-refractivity contribution in [1.29, 1.82) is 5.26 Å². The van der Waals surface area contributed by atoms with Gasteiger partial charge in [0.05, 0.1) is 23.6 Å². The molecule has 1 heterocycles. The van der Waals surface area contributed by atoms with Crippen molar-refractivity contribution in [3.63, 3.8) is 0 Å². The van der Waals surface area contributed by atoms with E-state index in [1.54, 1.807) is 42.5 Å². The van der Waals surface area contributed by atoms with Crippen LogP contribution in [0.3, 0.4) is 0 Å². The second-order valence-electron chi connectivity index (χ2n) is 4.76. The van der Waals surface area contributed by atoms with Crippen LogP contribution < -0.4 is 11.1 Å². The second-order valence-corrected chi connectivity index (χ2v) is 4.76. The van der Waals surface area contributed by atoms with E-state index < -0.39 is 5.76 Å². The summed E-state index contributed by atoms with van der Waals surface area (Å²) in [7, 11) is 0. The number of H-pyrrole nitrogens is 1. The highest BCUT2D eigenvalue weighted by molar-refractivity contribution is 5.92. The lowest BCUT2D eigenvalue weighted by molar-refractivity contribution is -0.115. The first-order valence-corrected chi connectivity index (χ1v) is 6.56. The van der Waals surface area contributed by atoms with Crippen molar-refractivity contribution in [3.05, 3.63) is 64.1 Å². The third kappa shape index (κ3) is 2.88. The number of carbonyl (C=O) groups excluding carboxylic acids is 1. The van der Waals surface area contributed by atoms with Gasteiger partial charge in [0.25, 0.3) is 0 Å². The number of fused-ring (bicyclic) bond motifs is 1.